The summed E-state index contributed by atoms with van der Waals surface area (Å²) in [6, 6.07) is 1.47. The van der Waals surface area contributed by atoms with Crippen molar-refractivity contribution in [3.8, 4) is 0 Å². The fourth-order valence-corrected chi connectivity index (χ4v) is 3.76. The summed E-state index contributed by atoms with van der Waals surface area (Å²) in [6.45, 7) is 2.87. The topological polar surface area (TPSA) is 53.2 Å². The van der Waals surface area contributed by atoms with Gasteiger partial charge in [0.2, 0.25) is 0 Å². The Kier molecular flexibility index (Phi) is 4.02. The van der Waals surface area contributed by atoms with Crippen LogP contribution in [0.2, 0.25) is 0 Å². The summed E-state index contributed by atoms with van der Waals surface area (Å²) in [6.07, 6.45) is 9.63. The zero-order chi connectivity index (χ0) is 14.9. The smallest absolute Gasteiger partial charge is 0.331 e. The Morgan fingerprint density at radius 1 is 1.24 bits per heavy atom. The Morgan fingerprint density at radius 2 is 2.00 bits per heavy atom. The molecule has 1 aliphatic heterocycles. The van der Waals surface area contributed by atoms with Crippen LogP contribution in [0.15, 0.2) is 21.9 Å². The fourth-order valence-electron chi connectivity index (χ4n) is 3.76. The Bertz CT molecular complexity index is 611. The lowest BCUT2D eigenvalue weighted by atomic mass is 9.83. The maximum Gasteiger partial charge on any atom is 0.331 e. The molecule has 1 saturated carbocycles. The minimum Gasteiger partial charge on any atom is -0.370 e. The highest BCUT2D eigenvalue weighted by Gasteiger charge is 2.40. The molecular weight excluding hydrogens is 268 g/mol. The van der Waals surface area contributed by atoms with Crippen molar-refractivity contribution in [1.29, 1.82) is 0 Å². The summed E-state index contributed by atoms with van der Waals surface area (Å²) < 4.78 is 9.16. The number of aromatic nitrogens is 2. The number of nitrogens with zero attached hydrogens (tertiary/aromatic N) is 2. The molecule has 21 heavy (non-hydrogen) atoms. The van der Waals surface area contributed by atoms with Gasteiger partial charge >= 0.3 is 5.69 Å². The molecule has 2 aliphatic rings. The number of aryl methyl sites for hydroxylation is 1. The third-order valence-corrected chi connectivity index (χ3v) is 4.97. The molecular formula is C16H24N2O3. The average Bonchev–Trinajstić information content (AvgIpc) is 2.87. The monoisotopic (exact) mass is 292 g/mol. The van der Waals surface area contributed by atoms with Gasteiger partial charge in [-0.05, 0) is 32.6 Å². The Hall–Kier alpha value is -1.36. The first-order valence-electron chi connectivity index (χ1n) is 8.12. The van der Waals surface area contributed by atoms with Gasteiger partial charge in [0.25, 0.3) is 5.56 Å². The summed E-state index contributed by atoms with van der Waals surface area (Å²) >= 11 is 0. The number of ether oxygens (including phenoxy) is 1. The van der Waals surface area contributed by atoms with Crippen LogP contribution in [-0.4, -0.2) is 20.8 Å². The molecule has 0 N–H and O–H groups in total. The molecule has 0 aromatic carbocycles. The van der Waals surface area contributed by atoms with Crippen molar-refractivity contribution in [3.05, 3.63) is 33.1 Å². The molecule has 2 fully saturated rings. The lowest BCUT2D eigenvalue weighted by Crippen LogP contribution is -2.42. The van der Waals surface area contributed by atoms with Crippen LogP contribution in [0.4, 0.5) is 0 Å². The molecule has 1 spiro atoms. The van der Waals surface area contributed by atoms with E-state index in [2.05, 4.69) is 0 Å². The highest BCUT2D eigenvalue weighted by Crippen LogP contribution is 2.42. The molecule has 1 atom stereocenters. The van der Waals surface area contributed by atoms with Gasteiger partial charge in [-0.25, -0.2) is 4.79 Å². The normalized spacial score (nSPS) is 24.5. The van der Waals surface area contributed by atoms with Crippen molar-refractivity contribution in [2.75, 3.05) is 0 Å². The SMILES string of the molecule is CCn1ccc(=O)n(CC2CCC3(CCCCC3)O2)c1=O. The van der Waals surface area contributed by atoms with Crippen LogP contribution >= 0.6 is 0 Å². The Morgan fingerprint density at radius 3 is 2.71 bits per heavy atom. The average molecular weight is 292 g/mol. The number of hydrogen-bond donors (Lipinski definition) is 0. The van der Waals surface area contributed by atoms with Gasteiger partial charge in [0.15, 0.2) is 0 Å². The molecule has 1 aliphatic carbocycles. The number of hydrogen-bond acceptors (Lipinski definition) is 3. The van der Waals surface area contributed by atoms with Gasteiger partial charge in [0.1, 0.15) is 0 Å². The molecule has 5 heteroatoms. The van der Waals surface area contributed by atoms with Gasteiger partial charge in [-0.1, -0.05) is 19.3 Å². The zero-order valence-electron chi connectivity index (χ0n) is 12.7. The maximum absolute atomic E-state index is 12.2. The minimum atomic E-state index is -0.224. The molecule has 1 aromatic heterocycles. The van der Waals surface area contributed by atoms with E-state index in [1.54, 1.807) is 10.8 Å². The molecule has 1 unspecified atom stereocenters. The van der Waals surface area contributed by atoms with Crippen molar-refractivity contribution < 1.29 is 4.74 Å². The molecule has 0 radical (unpaired) electrons. The van der Waals surface area contributed by atoms with Crippen LogP contribution in [0.5, 0.6) is 0 Å². The summed E-state index contributed by atoms with van der Waals surface area (Å²) in [5, 5.41) is 0. The molecule has 3 rings (SSSR count). The second-order valence-electron chi connectivity index (χ2n) is 6.36. The lowest BCUT2D eigenvalue weighted by Gasteiger charge is -2.33. The molecule has 2 heterocycles. The van der Waals surface area contributed by atoms with Crippen LogP contribution in [-0.2, 0) is 17.8 Å². The molecule has 1 aromatic rings. The quantitative estimate of drug-likeness (QED) is 0.855. The van der Waals surface area contributed by atoms with E-state index in [9.17, 15) is 9.59 Å². The minimum absolute atomic E-state index is 0.00112. The summed E-state index contributed by atoms with van der Waals surface area (Å²) in [5.41, 5.74) is -0.415. The lowest BCUT2D eigenvalue weighted by molar-refractivity contribution is -0.0686. The van der Waals surface area contributed by atoms with E-state index in [1.165, 1.54) is 29.9 Å². The third-order valence-electron chi connectivity index (χ3n) is 4.97. The standard InChI is InChI=1S/C16H24N2O3/c1-2-17-11-7-14(19)18(15(17)20)12-13-6-10-16(21-13)8-4-3-5-9-16/h7,11,13H,2-6,8-10,12H2,1H3. The van der Waals surface area contributed by atoms with Crippen LogP contribution < -0.4 is 11.2 Å². The van der Waals surface area contributed by atoms with Gasteiger partial charge in [0.05, 0.1) is 18.2 Å². The third kappa shape index (κ3) is 2.84. The predicted molar refractivity (Wildman–Crippen MR) is 80.6 cm³/mol. The fraction of sp³-hybridized carbons (Fsp3) is 0.750. The van der Waals surface area contributed by atoms with Crippen LogP contribution in [0, 0.1) is 0 Å². The Balaban J connectivity index is 1.76. The van der Waals surface area contributed by atoms with E-state index < -0.39 is 0 Å². The van der Waals surface area contributed by atoms with Gasteiger partial charge in [-0.3, -0.25) is 9.36 Å². The molecule has 5 nitrogen and oxygen atoms in total. The predicted octanol–water partition coefficient (Wildman–Crippen LogP) is 1.91. The van der Waals surface area contributed by atoms with Crippen molar-refractivity contribution >= 4 is 0 Å². The van der Waals surface area contributed by atoms with Crippen LogP contribution in [0.1, 0.15) is 51.9 Å². The maximum atomic E-state index is 12.2. The molecule has 1 saturated heterocycles. The van der Waals surface area contributed by atoms with Crippen molar-refractivity contribution in [2.45, 2.75) is 76.7 Å². The van der Waals surface area contributed by atoms with E-state index in [-0.39, 0.29) is 23.0 Å². The van der Waals surface area contributed by atoms with Gasteiger partial charge in [-0.2, -0.15) is 0 Å². The van der Waals surface area contributed by atoms with Crippen LogP contribution in [0.25, 0.3) is 0 Å². The largest absolute Gasteiger partial charge is 0.370 e. The highest BCUT2D eigenvalue weighted by atomic mass is 16.5. The van der Waals surface area contributed by atoms with Crippen molar-refractivity contribution in [3.63, 3.8) is 0 Å². The van der Waals surface area contributed by atoms with Gasteiger partial charge in [-0.15, -0.1) is 0 Å². The van der Waals surface area contributed by atoms with Gasteiger partial charge < -0.3 is 9.30 Å². The summed E-state index contributed by atoms with van der Waals surface area (Å²) in [5.74, 6) is 0. The first-order chi connectivity index (χ1) is 10.1. The van der Waals surface area contributed by atoms with E-state index in [0.29, 0.717) is 13.1 Å². The summed E-state index contributed by atoms with van der Waals surface area (Å²) in [4.78, 5) is 24.2. The van der Waals surface area contributed by atoms with E-state index in [0.717, 1.165) is 25.7 Å². The summed E-state index contributed by atoms with van der Waals surface area (Å²) in [7, 11) is 0. The zero-order valence-corrected chi connectivity index (χ0v) is 12.7. The van der Waals surface area contributed by atoms with Crippen LogP contribution in [0.3, 0.4) is 0 Å². The van der Waals surface area contributed by atoms with Gasteiger partial charge in [0, 0.05) is 18.8 Å². The Labute approximate surface area is 124 Å². The van der Waals surface area contributed by atoms with E-state index in [1.807, 2.05) is 6.92 Å². The molecule has 0 amide bonds. The van der Waals surface area contributed by atoms with E-state index in [4.69, 9.17) is 4.74 Å². The second-order valence-corrected chi connectivity index (χ2v) is 6.36. The van der Waals surface area contributed by atoms with E-state index >= 15 is 0 Å². The molecule has 116 valence electrons. The number of rotatable bonds is 3. The second kappa shape index (κ2) is 5.79. The first-order valence-corrected chi connectivity index (χ1v) is 8.12. The van der Waals surface area contributed by atoms with Crippen molar-refractivity contribution in [2.24, 2.45) is 0 Å². The molecule has 0 bridgehead atoms. The first kappa shape index (κ1) is 14.6. The van der Waals surface area contributed by atoms with Crippen molar-refractivity contribution in [1.82, 2.24) is 9.13 Å². The highest BCUT2D eigenvalue weighted by molar-refractivity contribution is 4.93.